The lowest BCUT2D eigenvalue weighted by Crippen LogP contribution is -2.40. The summed E-state index contributed by atoms with van der Waals surface area (Å²) in [7, 11) is 4.78. The Morgan fingerprint density at radius 1 is 1.06 bits per heavy atom. The lowest BCUT2D eigenvalue weighted by Gasteiger charge is -2.32. The zero-order valence-corrected chi connectivity index (χ0v) is 18.7. The molecule has 6 nitrogen and oxygen atoms in total. The molecule has 2 aromatic carbocycles. The number of aryl methyl sites for hydroxylation is 1. The van der Waals surface area contributed by atoms with Gasteiger partial charge in [-0.25, -0.2) is 0 Å². The van der Waals surface area contributed by atoms with E-state index in [1.165, 1.54) is 11.1 Å². The molecule has 1 N–H and O–H groups in total. The minimum Gasteiger partial charge on any atom is -0.496 e. The average Bonchev–Trinajstić information content (AvgIpc) is 3.24. The number of hydrogen-bond donors (Lipinski definition) is 1. The van der Waals surface area contributed by atoms with Crippen molar-refractivity contribution < 1.29 is 19.0 Å². The van der Waals surface area contributed by atoms with Crippen molar-refractivity contribution in [2.24, 2.45) is 5.92 Å². The van der Waals surface area contributed by atoms with Gasteiger partial charge in [0.05, 0.1) is 26.8 Å². The molecule has 3 aromatic rings. The van der Waals surface area contributed by atoms with Gasteiger partial charge in [0.25, 0.3) is 5.91 Å². The molecular weight excluding hydrogens is 392 g/mol. The van der Waals surface area contributed by atoms with Crippen LogP contribution >= 0.6 is 0 Å². The van der Waals surface area contributed by atoms with Gasteiger partial charge < -0.3 is 24.1 Å². The van der Waals surface area contributed by atoms with E-state index < -0.39 is 0 Å². The Morgan fingerprint density at radius 3 is 2.48 bits per heavy atom. The van der Waals surface area contributed by atoms with Gasteiger partial charge in [0.2, 0.25) is 0 Å². The molecule has 1 fully saturated rings. The number of benzene rings is 2. The second-order valence-electron chi connectivity index (χ2n) is 8.24. The number of likely N-dealkylation sites (tertiary alicyclic amines) is 1. The number of H-pyrrole nitrogens is 1. The van der Waals surface area contributed by atoms with E-state index in [1.807, 2.05) is 11.0 Å². The van der Waals surface area contributed by atoms with Gasteiger partial charge in [0.15, 0.2) is 11.5 Å². The topological polar surface area (TPSA) is 63.8 Å². The quantitative estimate of drug-likeness (QED) is 0.631. The Morgan fingerprint density at radius 2 is 1.81 bits per heavy atom. The fraction of sp³-hybridized carbons (Fsp3) is 0.400. The summed E-state index contributed by atoms with van der Waals surface area (Å²) in [5.41, 5.74) is 3.84. The fourth-order valence-corrected chi connectivity index (χ4v) is 4.50. The molecule has 0 unspecified atom stereocenters. The maximum Gasteiger partial charge on any atom is 0.270 e. The third-order valence-corrected chi connectivity index (χ3v) is 6.12. The van der Waals surface area contributed by atoms with Gasteiger partial charge in [-0.05, 0) is 43.7 Å². The van der Waals surface area contributed by atoms with Crippen molar-refractivity contribution in [3.63, 3.8) is 0 Å². The van der Waals surface area contributed by atoms with Crippen LogP contribution in [-0.4, -0.2) is 50.2 Å². The van der Waals surface area contributed by atoms with Crippen LogP contribution in [0, 0.1) is 12.8 Å². The van der Waals surface area contributed by atoms with E-state index in [0.29, 0.717) is 34.4 Å². The molecule has 1 aliphatic heterocycles. The molecule has 0 bridgehead atoms. The Labute approximate surface area is 183 Å². The number of methoxy groups -OCH3 is 3. The normalized spacial score (nSPS) is 16.4. The minimum absolute atomic E-state index is 0.00730. The first-order valence-electron chi connectivity index (χ1n) is 10.7. The summed E-state index contributed by atoms with van der Waals surface area (Å²) in [4.78, 5) is 18.6. The second kappa shape index (κ2) is 8.92. The smallest absolute Gasteiger partial charge is 0.270 e. The highest BCUT2D eigenvalue weighted by Gasteiger charge is 2.27. The molecule has 1 amide bonds. The molecule has 4 rings (SSSR count). The Kier molecular flexibility index (Phi) is 6.07. The highest BCUT2D eigenvalue weighted by molar-refractivity contribution is 6.02. The molecule has 1 aliphatic rings. The molecule has 1 saturated heterocycles. The van der Waals surface area contributed by atoms with E-state index in [9.17, 15) is 4.79 Å². The molecule has 0 saturated carbocycles. The first-order chi connectivity index (χ1) is 15.0. The summed E-state index contributed by atoms with van der Waals surface area (Å²) in [5.74, 6) is 2.23. The van der Waals surface area contributed by atoms with E-state index in [2.05, 4.69) is 36.2 Å². The maximum atomic E-state index is 13.3. The number of carbonyl (C=O) groups is 1. The summed E-state index contributed by atoms with van der Waals surface area (Å²) < 4.78 is 16.5. The number of piperidine rings is 1. The number of nitrogens with one attached hydrogen (secondary N) is 1. The van der Waals surface area contributed by atoms with E-state index in [0.717, 1.165) is 37.7 Å². The standard InChI is InChI=1S/C25H30N2O4/c1-16-7-9-17(10-8-16)12-18-6-5-11-27(15-18)25(28)20-13-19-21(29-2)14-22(30-3)24(31-4)23(19)26-20/h7-10,13-14,18,26H,5-6,11-12,15H2,1-4H3/t18-/m0/s1. The van der Waals surface area contributed by atoms with Gasteiger partial charge in [-0.1, -0.05) is 29.8 Å². The van der Waals surface area contributed by atoms with Crippen LogP contribution in [0.5, 0.6) is 17.2 Å². The Bertz CT molecular complexity index is 1070. The van der Waals surface area contributed by atoms with Crippen molar-refractivity contribution in [2.45, 2.75) is 26.2 Å². The van der Waals surface area contributed by atoms with Crippen LogP contribution in [0.2, 0.25) is 0 Å². The fourth-order valence-electron chi connectivity index (χ4n) is 4.50. The van der Waals surface area contributed by atoms with Gasteiger partial charge >= 0.3 is 0 Å². The molecular formula is C25H30N2O4. The summed E-state index contributed by atoms with van der Waals surface area (Å²) in [6.07, 6.45) is 3.15. The number of amides is 1. The van der Waals surface area contributed by atoms with Crippen molar-refractivity contribution in [3.05, 3.63) is 53.2 Å². The number of aromatic amines is 1. The van der Waals surface area contributed by atoms with E-state index in [1.54, 1.807) is 27.4 Å². The molecule has 6 heteroatoms. The predicted molar refractivity (Wildman–Crippen MR) is 121 cm³/mol. The van der Waals surface area contributed by atoms with Crippen LogP contribution in [-0.2, 0) is 6.42 Å². The number of aromatic nitrogens is 1. The Balaban J connectivity index is 1.57. The van der Waals surface area contributed by atoms with Gasteiger partial charge in [0, 0.05) is 24.5 Å². The zero-order chi connectivity index (χ0) is 22.0. The largest absolute Gasteiger partial charge is 0.496 e. The zero-order valence-electron chi connectivity index (χ0n) is 18.7. The highest BCUT2D eigenvalue weighted by Crippen LogP contribution is 2.41. The van der Waals surface area contributed by atoms with Crippen LogP contribution in [0.25, 0.3) is 10.9 Å². The summed E-state index contributed by atoms with van der Waals surface area (Å²) >= 11 is 0. The van der Waals surface area contributed by atoms with Crippen LogP contribution in [0.4, 0.5) is 0 Å². The molecule has 0 radical (unpaired) electrons. The number of ether oxygens (including phenoxy) is 3. The Hall–Kier alpha value is -3.15. The number of rotatable bonds is 6. The second-order valence-corrected chi connectivity index (χ2v) is 8.24. The lowest BCUT2D eigenvalue weighted by atomic mass is 9.91. The molecule has 1 atom stereocenters. The number of hydrogen-bond acceptors (Lipinski definition) is 4. The number of fused-ring (bicyclic) bond motifs is 1. The van der Waals surface area contributed by atoms with Crippen LogP contribution in [0.1, 0.15) is 34.5 Å². The van der Waals surface area contributed by atoms with Gasteiger partial charge in [-0.2, -0.15) is 0 Å². The van der Waals surface area contributed by atoms with Crippen molar-refractivity contribution in [1.29, 1.82) is 0 Å². The number of carbonyl (C=O) groups excluding carboxylic acids is 1. The van der Waals surface area contributed by atoms with Crippen molar-refractivity contribution in [3.8, 4) is 17.2 Å². The van der Waals surface area contributed by atoms with Crippen LogP contribution in [0.3, 0.4) is 0 Å². The van der Waals surface area contributed by atoms with Crippen molar-refractivity contribution >= 4 is 16.8 Å². The van der Waals surface area contributed by atoms with Gasteiger partial charge in [-0.3, -0.25) is 4.79 Å². The number of nitrogens with zero attached hydrogens (tertiary/aromatic N) is 1. The van der Waals surface area contributed by atoms with Crippen LogP contribution in [0.15, 0.2) is 36.4 Å². The third kappa shape index (κ3) is 4.20. The first-order valence-corrected chi connectivity index (χ1v) is 10.7. The monoisotopic (exact) mass is 422 g/mol. The summed E-state index contributed by atoms with van der Waals surface area (Å²) in [6.45, 7) is 3.64. The first kappa shape index (κ1) is 21.1. The van der Waals surface area contributed by atoms with Gasteiger partial charge in [-0.15, -0.1) is 0 Å². The van der Waals surface area contributed by atoms with E-state index >= 15 is 0 Å². The maximum absolute atomic E-state index is 13.3. The average molecular weight is 423 g/mol. The molecule has 0 spiro atoms. The molecule has 2 heterocycles. The highest BCUT2D eigenvalue weighted by atomic mass is 16.5. The van der Waals surface area contributed by atoms with Crippen molar-refractivity contribution in [2.75, 3.05) is 34.4 Å². The minimum atomic E-state index is 0.00730. The van der Waals surface area contributed by atoms with Gasteiger partial charge in [0.1, 0.15) is 11.4 Å². The summed E-state index contributed by atoms with van der Waals surface area (Å²) in [6, 6.07) is 12.3. The molecule has 31 heavy (non-hydrogen) atoms. The molecule has 164 valence electrons. The van der Waals surface area contributed by atoms with Crippen LogP contribution < -0.4 is 14.2 Å². The van der Waals surface area contributed by atoms with E-state index in [-0.39, 0.29) is 5.91 Å². The molecule has 0 aliphatic carbocycles. The van der Waals surface area contributed by atoms with Crippen molar-refractivity contribution in [1.82, 2.24) is 9.88 Å². The molecule has 1 aromatic heterocycles. The summed E-state index contributed by atoms with van der Waals surface area (Å²) in [5, 5.41) is 0.803. The predicted octanol–water partition coefficient (Wildman–Crippen LogP) is 4.60. The lowest BCUT2D eigenvalue weighted by molar-refractivity contribution is 0.0668. The third-order valence-electron chi connectivity index (χ3n) is 6.12. The van der Waals surface area contributed by atoms with E-state index in [4.69, 9.17) is 14.2 Å². The SMILES string of the molecule is COc1cc(OC)c2cc(C(=O)N3CCC[C@@H](Cc4ccc(C)cc4)C3)[nH]c2c1OC.